The number of likely N-dealkylation sites (N-methyl/N-ethyl adjacent to an activating group) is 1. The van der Waals surface area contributed by atoms with Gasteiger partial charge in [0.05, 0.1) is 18.4 Å². The predicted octanol–water partition coefficient (Wildman–Crippen LogP) is 1.71. The van der Waals surface area contributed by atoms with E-state index in [1.54, 1.807) is 13.1 Å². The van der Waals surface area contributed by atoms with Gasteiger partial charge in [-0.05, 0) is 38.1 Å². The summed E-state index contributed by atoms with van der Waals surface area (Å²) < 4.78 is 20.8. The number of aryl methyl sites for hydroxylation is 2. The Kier molecular flexibility index (Phi) is 5.69. The summed E-state index contributed by atoms with van der Waals surface area (Å²) in [6.07, 6.45) is -0.789. The third-order valence-corrected chi connectivity index (χ3v) is 3.62. The summed E-state index contributed by atoms with van der Waals surface area (Å²) >= 11 is 0. The van der Waals surface area contributed by atoms with E-state index in [9.17, 15) is 14.3 Å². The van der Waals surface area contributed by atoms with Crippen LogP contribution in [0.15, 0.2) is 24.3 Å². The Morgan fingerprint density at radius 2 is 2.12 bits per heavy atom. The van der Waals surface area contributed by atoms with Gasteiger partial charge < -0.3 is 14.7 Å². The van der Waals surface area contributed by atoms with Crippen molar-refractivity contribution in [1.82, 2.24) is 14.7 Å². The Hall–Kier alpha value is -2.25. The number of carbonyl (C=O) groups is 1. The van der Waals surface area contributed by atoms with Crippen molar-refractivity contribution >= 4 is 5.91 Å². The van der Waals surface area contributed by atoms with Gasteiger partial charge in [-0.1, -0.05) is 0 Å². The van der Waals surface area contributed by atoms with Crippen LogP contribution in [0.1, 0.15) is 21.7 Å². The van der Waals surface area contributed by atoms with Crippen LogP contribution in [-0.4, -0.2) is 59.1 Å². The smallest absolute Gasteiger partial charge is 0.253 e. The SMILES string of the molecule is COCC(O)CN(C)C(=O)c1ccc(-n2nc(C)cc2C)c(F)c1. The predicted molar refractivity (Wildman–Crippen MR) is 87.8 cm³/mol. The molecule has 1 N–H and O–H groups in total. The summed E-state index contributed by atoms with van der Waals surface area (Å²) in [5, 5.41) is 13.9. The van der Waals surface area contributed by atoms with E-state index in [-0.39, 0.29) is 24.6 Å². The quantitative estimate of drug-likeness (QED) is 0.873. The second-order valence-corrected chi connectivity index (χ2v) is 5.80. The van der Waals surface area contributed by atoms with E-state index in [0.29, 0.717) is 5.69 Å². The molecule has 1 aromatic carbocycles. The van der Waals surface area contributed by atoms with Crippen LogP contribution in [0.4, 0.5) is 4.39 Å². The number of aliphatic hydroxyl groups excluding tert-OH is 1. The highest BCUT2D eigenvalue weighted by atomic mass is 19.1. The van der Waals surface area contributed by atoms with E-state index >= 15 is 0 Å². The molecule has 0 fully saturated rings. The topological polar surface area (TPSA) is 67.6 Å². The molecule has 130 valence electrons. The number of hydrogen-bond donors (Lipinski definition) is 1. The molecule has 1 amide bonds. The second-order valence-electron chi connectivity index (χ2n) is 5.80. The summed E-state index contributed by atoms with van der Waals surface area (Å²) in [5.74, 6) is -0.901. The van der Waals surface area contributed by atoms with Crippen LogP contribution in [0.5, 0.6) is 0 Å². The maximum Gasteiger partial charge on any atom is 0.253 e. The van der Waals surface area contributed by atoms with Crippen LogP contribution < -0.4 is 0 Å². The summed E-state index contributed by atoms with van der Waals surface area (Å²) in [7, 11) is 3.02. The highest BCUT2D eigenvalue weighted by Gasteiger charge is 2.18. The van der Waals surface area contributed by atoms with Gasteiger partial charge in [-0.25, -0.2) is 9.07 Å². The molecule has 0 saturated carbocycles. The molecule has 24 heavy (non-hydrogen) atoms. The zero-order chi connectivity index (χ0) is 17.9. The molecule has 1 heterocycles. The molecule has 0 radical (unpaired) electrons. The Bertz CT molecular complexity index is 730. The van der Waals surface area contributed by atoms with Gasteiger partial charge in [0, 0.05) is 32.0 Å². The van der Waals surface area contributed by atoms with Crippen molar-refractivity contribution in [3.05, 3.63) is 47.0 Å². The van der Waals surface area contributed by atoms with Crippen molar-refractivity contribution in [1.29, 1.82) is 0 Å². The molecular weight excluding hydrogens is 313 g/mol. The molecule has 2 rings (SSSR count). The van der Waals surface area contributed by atoms with Crippen LogP contribution in [0.2, 0.25) is 0 Å². The lowest BCUT2D eigenvalue weighted by atomic mass is 10.1. The van der Waals surface area contributed by atoms with Crippen LogP contribution >= 0.6 is 0 Å². The normalized spacial score (nSPS) is 12.2. The maximum absolute atomic E-state index is 14.4. The first-order chi connectivity index (χ1) is 11.3. The number of rotatable bonds is 6. The Labute approximate surface area is 140 Å². The summed E-state index contributed by atoms with van der Waals surface area (Å²) in [5.41, 5.74) is 2.10. The number of ether oxygens (including phenoxy) is 1. The standard InChI is InChI=1S/C17H22FN3O3/c1-11-7-12(2)21(19-11)16-6-5-13(8-15(16)18)17(23)20(3)9-14(22)10-24-4/h5-8,14,22H,9-10H2,1-4H3. The van der Waals surface area contributed by atoms with Gasteiger partial charge in [-0.2, -0.15) is 5.10 Å². The molecule has 0 bridgehead atoms. The number of aliphatic hydroxyl groups is 1. The average molecular weight is 335 g/mol. The molecule has 2 aromatic rings. The zero-order valence-corrected chi connectivity index (χ0v) is 14.3. The second kappa shape index (κ2) is 7.55. The van der Waals surface area contributed by atoms with Gasteiger partial charge in [0.1, 0.15) is 11.5 Å². The summed E-state index contributed by atoms with van der Waals surface area (Å²) in [6, 6.07) is 6.12. The van der Waals surface area contributed by atoms with Gasteiger partial charge in [-0.3, -0.25) is 4.79 Å². The van der Waals surface area contributed by atoms with Crippen LogP contribution in [-0.2, 0) is 4.74 Å². The lowest BCUT2D eigenvalue weighted by Gasteiger charge is -2.20. The highest BCUT2D eigenvalue weighted by molar-refractivity contribution is 5.94. The molecule has 0 aliphatic rings. The number of halogens is 1. The molecule has 1 atom stereocenters. The van der Waals surface area contributed by atoms with Gasteiger partial charge in [0.15, 0.2) is 0 Å². The van der Waals surface area contributed by atoms with Crippen molar-refractivity contribution in [3.63, 3.8) is 0 Å². The van der Waals surface area contributed by atoms with Crippen molar-refractivity contribution in [2.75, 3.05) is 27.3 Å². The molecule has 0 saturated heterocycles. The van der Waals surface area contributed by atoms with E-state index in [1.165, 1.54) is 28.8 Å². The van der Waals surface area contributed by atoms with Crippen LogP contribution in [0.25, 0.3) is 5.69 Å². The highest BCUT2D eigenvalue weighted by Crippen LogP contribution is 2.18. The van der Waals surface area contributed by atoms with Crippen molar-refractivity contribution in [2.24, 2.45) is 0 Å². The monoisotopic (exact) mass is 335 g/mol. The fraction of sp³-hybridized carbons (Fsp3) is 0.412. The van der Waals surface area contributed by atoms with Crippen molar-refractivity contribution in [3.8, 4) is 5.69 Å². The lowest BCUT2D eigenvalue weighted by molar-refractivity contribution is 0.0380. The van der Waals surface area contributed by atoms with E-state index in [1.807, 2.05) is 19.9 Å². The molecule has 6 nitrogen and oxygen atoms in total. The first-order valence-corrected chi connectivity index (χ1v) is 7.59. The fourth-order valence-corrected chi connectivity index (χ4v) is 2.55. The number of aromatic nitrogens is 2. The van der Waals surface area contributed by atoms with Crippen LogP contribution in [0.3, 0.4) is 0 Å². The number of carbonyl (C=O) groups excluding carboxylic acids is 1. The van der Waals surface area contributed by atoms with Crippen LogP contribution in [0, 0.1) is 19.7 Å². The number of amides is 1. The fourth-order valence-electron chi connectivity index (χ4n) is 2.55. The average Bonchev–Trinajstić information content (AvgIpc) is 2.85. The van der Waals surface area contributed by atoms with Gasteiger partial charge in [0.25, 0.3) is 5.91 Å². The molecular formula is C17H22FN3O3. The van der Waals surface area contributed by atoms with Gasteiger partial charge in [0.2, 0.25) is 0 Å². The minimum Gasteiger partial charge on any atom is -0.389 e. The number of hydrogen-bond acceptors (Lipinski definition) is 4. The largest absolute Gasteiger partial charge is 0.389 e. The van der Waals surface area contributed by atoms with Gasteiger partial charge >= 0.3 is 0 Å². The Morgan fingerprint density at radius 1 is 1.42 bits per heavy atom. The number of benzene rings is 1. The third-order valence-electron chi connectivity index (χ3n) is 3.62. The molecule has 0 aliphatic carbocycles. The molecule has 1 aromatic heterocycles. The first kappa shape index (κ1) is 18.1. The lowest BCUT2D eigenvalue weighted by Crippen LogP contribution is -2.36. The minimum absolute atomic E-state index is 0.105. The van der Waals surface area contributed by atoms with Gasteiger partial charge in [-0.15, -0.1) is 0 Å². The van der Waals surface area contributed by atoms with E-state index < -0.39 is 11.9 Å². The molecule has 0 spiro atoms. The van der Waals surface area contributed by atoms with Crippen molar-refractivity contribution in [2.45, 2.75) is 20.0 Å². The zero-order valence-electron chi connectivity index (χ0n) is 14.3. The Balaban J connectivity index is 2.20. The van der Waals surface area contributed by atoms with E-state index in [2.05, 4.69) is 5.10 Å². The third kappa shape index (κ3) is 3.98. The Morgan fingerprint density at radius 3 is 2.67 bits per heavy atom. The molecule has 7 heteroatoms. The molecule has 0 aliphatic heterocycles. The van der Waals surface area contributed by atoms with Crippen molar-refractivity contribution < 1.29 is 19.0 Å². The maximum atomic E-state index is 14.4. The van der Waals surface area contributed by atoms with E-state index in [4.69, 9.17) is 4.74 Å². The van der Waals surface area contributed by atoms with E-state index in [0.717, 1.165) is 11.4 Å². The summed E-state index contributed by atoms with van der Waals surface area (Å²) in [4.78, 5) is 13.7. The molecule has 1 unspecified atom stereocenters. The first-order valence-electron chi connectivity index (χ1n) is 7.59. The summed E-state index contributed by atoms with van der Waals surface area (Å²) in [6.45, 7) is 3.90. The number of nitrogens with zero attached hydrogens (tertiary/aromatic N) is 3. The number of methoxy groups -OCH3 is 1. The minimum atomic E-state index is -0.789.